The van der Waals surface area contributed by atoms with Crippen LogP contribution in [0.3, 0.4) is 0 Å². The van der Waals surface area contributed by atoms with Crippen LogP contribution in [0.1, 0.15) is 20.8 Å². The van der Waals surface area contributed by atoms with Crippen LogP contribution in [-0.4, -0.2) is 47.9 Å². The summed E-state index contributed by atoms with van der Waals surface area (Å²) in [4.78, 5) is 30.5. The molecule has 3 aromatic rings. The van der Waals surface area contributed by atoms with Crippen LogP contribution >= 0.6 is 22.9 Å². The molecule has 6 nitrogen and oxygen atoms in total. The van der Waals surface area contributed by atoms with Crippen LogP contribution in [0.2, 0.25) is 5.02 Å². The van der Waals surface area contributed by atoms with Crippen LogP contribution in [0.15, 0.2) is 60.7 Å². The monoisotopic (exact) mass is 468 g/mol. The minimum atomic E-state index is -0.564. The molecule has 4 rings (SSSR count). The first kappa shape index (κ1) is 22.3. The Morgan fingerprint density at radius 2 is 1.75 bits per heavy atom. The molecule has 0 spiro atoms. The van der Waals surface area contributed by atoms with Crippen molar-refractivity contribution < 1.29 is 9.59 Å². The van der Waals surface area contributed by atoms with Crippen LogP contribution < -0.4 is 11.1 Å². The molecule has 3 N–H and O–H groups in total. The van der Waals surface area contributed by atoms with E-state index in [-0.39, 0.29) is 5.91 Å². The maximum atomic E-state index is 12.8. The molecule has 0 unspecified atom stereocenters. The van der Waals surface area contributed by atoms with Gasteiger partial charge in [-0.3, -0.25) is 9.69 Å². The molecule has 1 fully saturated rings. The molecule has 2 heterocycles. The van der Waals surface area contributed by atoms with Gasteiger partial charge in [-0.1, -0.05) is 35.9 Å². The summed E-state index contributed by atoms with van der Waals surface area (Å²) in [6.07, 6.45) is 0. The molecular formula is C24H25ClN4O2S. The Labute approximate surface area is 196 Å². The maximum Gasteiger partial charge on any atom is 0.312 e. The van der Waals surface area contributed by atoms with Gasteiger partial charge in [0.1, 0.15) is 0 Å². The number of carbonyl (C=O) groups is 2. The molecule has 8 heteroatoms. The predicted molar refractivity (Wildman–Crippen MR) is 129 cm³/mol. The van der Waals surface area contributed by atoms with E-state index in [1.807, 2.05) is 35.2 Å². The van der Waals surface area contributed by atoms with E-state index in [0.29, 0.717) is 25.2 Å². The van der Waals surface area contributed by atoms with Crippen molar-refractivity contribution >= 4 is 34.9 Å². The van der Waals surface area contributed by atoms with Crippen LogP contribution in [0.4, 0.5) is 4.79 Å². The van der Waals surface area contributed by atoms with E-state index in [0.717, 1.165) is 35.8 Å². The summed E-state index contributed by atoms with van der Waals surface area (Å²) >= 11 is 7.90. The topological polar surface area (TPSA) is 78.7 Å². The van der Waals surface area contributed by atoms with Gasteiger partial charge in [0, 0.05) is 59.6 Å². The number of nitrogens with two attached hydrogens (primary N) is 1. The first-order valence-corrected chi connectivity index (χ1v) is 11.7. The molecular weight excluding hydrogens is 444 g/mol. The summed E-state index contributed by atoms with van der Waals surface area (Å²) in [5, 5.41) is 3.29. The molecule has 3 amide bonds. The Kier molecular flexibility index (Phi) is 7.09. The number of urea groups is 1. The van der Waals surface area contributed by atoms with Crippen molar-refractivity contribution in [3.05, 3.63) is 81.7 Å². The number of amides is 3. The largest absolute Gasteiger partial charge is 0.352 e. The third-order valence-corrected chi connectivity index (χ3v) is 6.83. The highest BCUT2D eigenvalue weighted by atomic mass is 35.5. The molecule has 0 aliphatic carbocycles. The number of hydrogen-bond donors (Lipinski definition) is 2. The van der Waals surface area contributed by atoms with E-state index in [1.165, 1.54) is 9.75 Å². The molecule has 2 aromatic carbocycles. The molecule has 0 radical (unpaired) electrons. The van der Waals surface area contributed by atoms with Crippen molar-refractivity contribution in [3.63, 3.8) is 0 Å². The zero-order valence-electron chi connectivity index (χ0n) is 17.6. The number of carbonyl (C=O) groups excluding carboxylic acids is 2. The lowest BCUT2D eigenvalue weighted by Gasteiger charge is -2.34. The smallest absolute Gasteiger partial charge is 0.312 e. The molecule has 166 valence electrons. The van der Waals surface area contributed by atoms with E-state index in [1.54, 1.807) is 23.5 Å². The zero-order valence-corrected chi connectivity index (χ0v) is 19.2. The first-order valence-electron chi connectivity index (χ1n) is 10.5. The molecule has 32 heavy (non-hydrogen) atoms. The molecule has 0 atom stereocenters. The Morgan fingerprint density at radius 3 is 2.44 bits per heavy atom. The molecule has 1 aromatic heterocycles. The number of piperazine rings is 1. The van der Waals surface area contributed by atoms with E-state index in [4.69, 9.17) is 17.3 Å². The number of benzene rings is 2. The van der Waals surface area contributed by atoms with Gasteiger partial charge in [-0.05, 0) is 47.5 Å². The van der Waals surface area contributed by atoms with Gasteiger partial charge in [-0.2, -0.15) is 0 Å². The third kappa shape index (κ3) is 5.68. The van der Waals surface area contributed by atoms with Crippen LogP contribution in [-0.2, 0) is 13.1 Å². The average molecular weight is 469 g/mol. The van der Waals surface area contributed by atoms with E-state index in [9.17, 15) is 9.59 Å². The number of nitrogens with zero attached hydrogens (tertiary/aromatic N) is 2. The normalized spacial score (nSPS) is 14.3. The average Bonchev–Trinajstić information content (AvgIpc) is 3.27. The fraction of sp³-hybridized carbons (Fsp3) is 0.250. The maximum absolute atomic E-state index is 12.8. The minimum absolute atomic E-state index is 0.0402. The highest BCUT2D eigenvalue weighted by molar-refractivity contribution is 7.15. The Bertz CT molecular complexity index is 1090. The summed E-state index contributed by atoms with van der Waals surface area (Å²) in [6.45, 7) is 4.33. The fourth-order valence-corrected chi connectivity index (χ4v) is 4.96. The van der Waals surface area contributed by atoms with Crippen molar-refractivity contribution in [3.8, 4) is 10.4 Å². The molecule has 0 bridgehead atoms. The van der Waals surface area contributed by atoms with Gasteiger partial charge in [0.2, 0.25) is 0 Å². The van der Waals surface area contributed by atoms with E-state index >= 15 is 0 Å². The van der Waals surface area contributed by atoms with Gasteiger partial charge in [-0.25, -0.2) is 4.79 Å². The SMILES string of the molecule is NC(=O)NCc1ccc(C(=O)N2CCN(Cc3ccc(-c4cccc(Cl)c4)s3)CC2)cc1. The summed E-state index contributed by atoms with van der Waals surface area (Å²) < 4.78 is 0. The third-order valence-electron chi connectivity index (χ3n) is 5.48. The predicted octanol–water partition coefficient (Wildman–Crippen LogP) is 4.19. The second-order valence-corrected chi connectivity index (χ2v) is 9.36. The van der Waals surface area contributed by atoms with Crippen molar-refractivity contribution in [2.24, 2.45) is 5.73 Å². The van der Waals surface area contributed by atoms with Crippen molar-refractivity contribution in [1.82, 2.24) is 15.1 Å². The van der Waals surface area contributed by atoms with Gasteiger partial charge in [0.05, 0.1) is 0 Å². The number of thiophene rings is 1. The first-order chi connectivity index (χ1) is 15.5. The molecule has 0 saturated carbocycles. The van der Waals surface area contributed by atoms with E-state index in [2.05, 4.69) is 28.4 Å². The molecule has 1 saturated heterocycles. The number of hydrogen-bond acceptors (Lipinski definition) is 4. The fourth-order valence-electron chi connectivity index (χ4n) is 3.73. The highest BCUT2D eigenvalue weighted by Crippen LogP contribution is 2.30. The highest BCUT2D eigenvalue weighted by Gasteiger charge is 2.22. The van der Waals surface area contributed by atoms with Gasteiger partial charge in [0.25, 0.3) is 5.91 Å². The lowest BCUT2D eigenvalue weighted by molar-refractivity contribution is 0.0629. The Morgan fingerprint density at radius 1 is 1.00 bits per heavy atom. The van der Waals surface area contributed by atoms with Crippen LogP contribution in [0.5, 0.6) is 0 Å². The van der Waals surface area contributed by atoms with Gasteiger partial charge in [0.15, 0.2) is 0 Å². The van der Waals surface area contributed by atoms with Gasteiger partial charge < -0.3 is 16.0 Å². The number of nitrogens with one attached hydrogen (secondary N) is 1. The van der Waals surface area contributed by atoms with Crippen molar-refractivity contribution in [1.29, 1.82) is 0 Å². The Hall–Kier alpha value is -2.87. The van der Waals surface area contributed by atoms with Crippen LogP contribution in [0.25, 0.3) is 10.4 Å². The second-order valence-electron chi connectivity index (χ2n) is 7.76. The second kappa shape index (κ2) is 10.2. The minimum Gasteiger partial charge on any atom is -0.352 e. The Balaban J connectivity index is 1.29. The quantitative estimate of drug-likeness (QED) is 0.569. The summed E-state index contributed by atoms with van der Waals surface area (Å²) in [5.74, 6) is 0.0402. The van der Waals surface area contributed by atoms with E-state index < -0.39 is 6.03 Å². The zero-order chi connectivity index (χ0) is 22.5. The summed E-state index contributed by atoms with van der Waals surface area (Å²) in [6, 6.07) is 19.0. The standard InChI is InChI=1S/C24H25ClN4O2S/c25-20-3-1-2-19(14-20)22-9-8-21(32-22)16-28-10-12-29(13-11-28)23(30)18-6-4-17(5-7-18)15-27-24(26)31/h1-9,14H,10-13,15-16H2,(H3,26,27,31). The number of primary amides is 1. The molecule has 1 aliphatic rings. The van der Waals surface area contributed by atoms with Crippen LogP contribution in [0, 0.1) is 0 Å². The summed E-state index contributed by atoms with van der Waals surface area (Å²) in [7, 11) is 0. The lowest BCUT2D eigenvalue weighted by Crippen LogP contribution is -2.48. The summed E-state index contributed by atoms with van der Waals surface area (Å²) in [5.41, 5.74) is 7.79. The molecule has 1 aliphatic heterocycles. The van der Waals surface area contributed by atoms with Crippen molar-refractivity contribution in [2.75, 3.05) is 26.2 Å². The van der Waals surface area contributed by atoms with Crippen molar-refractivity contribution in [2.45, 2.75) is 13.1 Å². The lowest BCUT2D eigenvalue weighted by atomic mass is 10.1. The number of halogens is 1. The number of rotatable bonds is 6. The van der Waals surface area contributed by atoms with Gasteiger partial charge in [-0.15, -0.1) is 11.3 Å². The van der Waals surface area contributed by atoms with Gasteiger partial charge >= 0.3 is 6.03 Å².